The maximum Gasteiger partial charge on any atom is 0.263 e. The number of hydrogen-bond acceptors (Lipinski definition) is 2. The van der Waals surface area contributed by atoms with Crippen molar-refractivity contribution in [2.45, 2.75) is 13.3 Å². The molecule has 0 radical (unpaired) electrons. The number of pyridine rings is 1. The standard InChI is InChI=1S/C23H21N3O/c1-3-20-16-18-9-7-8-17(12-13-19-14-15-25(2)24-19)22(18)23(27)26(20)21-10-5-4-6-11-21/h4-16H,3H2,1-2H3/b13-12+. The fraction of sp³-hybridized carbons (Fsp3) is 0.130. The lowest BCUT2D eigenvalue weighted by Crippen LogP contribution is -2.22. The lowest BCUT2D eigenvalue weighted by Gasteiger charge is -2.14. The molecule has 27 heavy (non-hydrogen) atoms. The van der Waals surface area contributed by atoms with E-state index in [2.05, 4.69) is 18.1 Å². The fourth-order valence-electron chi connectivity index (χ4n) is 3.40. The molecule has 0 spiro atoms. The molecule has 0 N–H and O–H groups in total. The Kier molecular flexibility index (Phi) is 4.47. The number of hydrogen-bond donors (Lipinski definition) is 0. The van der Waals surface area contributed by atoms with Crippen LogP contribution in [0.3, 0.4) is 0 Å². The molecule has 0 amide bonds. The highest BCUT2D eigenvalue weighted by Gasteiger charge is 2.12. The normalized spacial score (nSPS) is 11.5. The molecule has 2 aromatic carbocycles. The van der Waals surface area contributed by atoms with Gasteiger partial charge in [0, 0.05) is 24.6 Å². The van der Waals surface area contributed by atoms with Crippen LogP contribution in [-0.2, 0) is 13.5 Å². The SMILES string of the molecule is CCc1cc2cccc(/C=C/c3ccn(C)n3)c2c(=O)n1-c1ccccc1. The molecule has 0 bridgehead atoms. The Hall–Kier alpha value is -3.40. The Labute approximate surface area is 158 Å². The van der Waals surface area contributed by atoms with Gasteiger partial charge >= 0.3 is 0 Å². The highest BCUT2D eigenvalue weighted by atomic mass is 16.1. The summed E-state index contributed by atoms with van der Waals surface area (Å²) in [6.45, 7) is 2.07. The third-order valence-electron chi connectivity index (χ3n) is 4.70. The van der Waals surface area contributed by atoms with Gasteiger partial charge in [0.15, 0.2) is 0 Å². The Balaban J connectivity index is 1.94. The van der Waals surface area contributed by atoms with Gasteiger partial charge in [-0.25, -0.2) is 0 Å². The zero-order valence-electron chi connectivity index (χ0n) is 15.5. The molecule has 0 fully saturated rings. The van der Waals surface area contributed by atoms with E-state index < -0.39 is 0 Å². The Morgan fingerprint density at radius 3 is 2.52 bits per heavy atom. The molecule has 0 aliphatic carbocycles. The number of para-hydroxylation sites is 1. The first kappa shape index (κ1) is 17.0. The molecule has 2 aromatic heterocycles. The van der Waals surface area contributed by atoms with E-state index >= 15 is 0 Å². The Bertz CT molecular complexity index is 1180. The zero-order chi connectivity index (χ0) is 18.8. The third kappa shape index (κ3) is 3.22. The van der Waals surface area contributed by atoms with Crippen molar-refractivity contribution in [1.82, 2.24) is 14.3 Å². The average Bonchev–Trinajstić information content (AvgIpc) is 3.11. The van der Waals surface area contributed by atoms with Crippen LogP contribution < -0.4 is 5.56 Å². The van der Waals surface area contributed by atoms with Gasteiger partial charge in [-0.3, -0.25) is 14.0 Å². The summed E-state index contributed by atoms with van der Waals surface area (Å²) in [4.78, 5) is 13.5. The number of rotatable bonds is 4. The lowest BCUT2D eigenvalue weighted by molar-refractivity contribution is 0.765. The largest absolute Gasteiger partial charge is 0.281 e. The first-order valence-corrected chi connectivity index (χ1v) is 9.08. The number of benzene rings is 2. The van der Waals surface area contributed by atoms with Crippen LogP contribution in [0.1, 0.15) is 23.9 Å². The van der Waals surface area contributed by atoms with Crippen molar-refractivity contribution >= 4 is 22.9 Å². The minimum Gasteiger partial charge on any atom is -0.281 e. The van der Waals surface area contributed by atoms with E-state index in [0.29, 0.717) is 0 Å². The molecule has 2 heterocycles. The molecule has 4 nitrogen and oxygen atoms in total. The number of aryl methyl sites for hydroxylation is 2. The quantitative estimate of drug-likeness (QED) is 0.542. The van der Waals surface area contributed by atoms with Gasteiger partial charge in [-0.15, -0.1) is 0 Å². The first-order chi connectivity index (χ1) is 13.2. The summed E-state index contributed by atoms with van der Waals surface area (Å²) in [5, 5.41) is 6.06. The van der Waals surface area contributed by atoms with Gasteiger partial charge < -0.3 is 0 Å². The summed E-state index contributed by atoms with van der Waals surface area (Å²) in [7, 11) is 1.89. The van der Waals surface area contributed by atoms with E-state index in [-0.39, 0.29) is 5.56 Å². The van der Waals surface area contributed by atoms with Crippen molar-refractivity contribution in [2.24, 2.45) is 7.05 Å². The second-order valence-electron chi connectivity index (χ2n) is 6.52. The molecule has 0 unspecified atom stereocenters. The number of aromatic nitrogens is 3. The molecule has 0 aliphatic heterocycles. The van der Waals surface area contributed by atoms with Gasteiger partial charge in [-0.05, 0) is 47.7 Å². The first-order valence-electron chi connectivity index (χ1n) is 9.08. The number of fused-ring (bicyclic) bond motifs is 1. The summed E-state index contributed by atoms with van der Waals surface area (Å²) < 4.78 is 3.58. The topological polar surface area (TPSA) is 39.8 Å². The van der Waals surface area contributed by atoms with E-state index in [0.717, 1.165) is 39.8 Å². The summed E-state index contributed by atoms with van der Waals surface area (Å²) >= 11 is 0. The minimum atomic E-state index is 0.0109. The van der Waals surface area contributed by atoms with E-state index in [1.54, 1.807) is 4.68 Å². The van der Waals surface area contributed by atoms with Crippen molar-refractivity contribution in [1.29, 1.82) is 0 Å². The molecule has 0 atom stereocenters. The van der Waals surface area contributed by atoms with Gasteiger partial charge in [0.2, 0.25) is 0 Å². The monoisotopic (exact) mass is 355 g/mol. The van der Waals surface area contributed by atoms with E-state index in [9.17, 15) is 4.79 Å². The predicted molar refractivity (Wildman–Crippen MR) is 111 cm³/mol. The molecule has 4 aromatic rings. The smallest absolute Gasteiger partial charge is 0.263 e. The highest BCUT2D eigenvalue weighted by molar-refractivity contribution is 5.92. The maximum atomic E-state index is 13.5. The van der Waals surface area contributed by atoms with E-state index in [1.807, 2.05) is 84.6 Å². The van der Waals surface area contributed by atoms with Crippen LogP contribution in [0.5, 0.6) is 0 Å². The van der Waals surface area contributed by atoms with Crippen LogP contribution in [0, 0.1) is 0 Å². The minimum absolute atomic E-state index is 0.0109. The van der Waals surface area contributed by atoms with Crippen LogP contribution in [0.15, 0.2) is 71.7 Å². The molecular formula is C23H21N3O. The molecule has 4 rings (SSSR count). The molecule has 4 heteroatoms. The zero-order valence-corrected chi connectivity index (χ0v) is 15.5. The lowest BCUT2D eigenvalue weighted by atomic mass is 10.0. The van der Waals surface area contributed by atoms with E-state index in [1.165, 1.54) is 0 Å². The summed E-state index contributed by atoms with van der Waals surface area (Å²) in [6, 6.07) is 19.8. The van der Waals surface area contributed by atoms with Crippen LogP contribution in [-0.4, -0.2) is 14.3 Å². The average molecular weight is 355 g/mol. The summed E-state index contributed by atoms with van der Waals surface area (Å²) in [5.74, 6) is 0. The van der Waals surface area contributed by atoms with Crippen LogP contribution in [0.4, 0.5) is 0 Å². The van der Waals surface area contributed by atoms with Gasteiger partial charge in [0.1, 0.15) is 0 Å². The van der Waals surface area contributed by atoms with Crippen molar-refractivity contribution in [3.63, 3.8) is 0 Å². The Morgan fingerprint density at radius 1 is 1.00 bits per heavy atom. The van der Waals surface area contributed by atoms with Crippen molar-refractivity contribution in [3.8, 4) is 5.69 Å². The molecule has 0 saturated heterocycles. The summed E-state index contributed by atoms with van der Waals surface area (Å²) in [5.41, 5.74) is 3.67. The molecular weight excluding hydrogens is 334 g/mol. The van der Waals surface area contributed by atoms with Crippen LogP contribution >= 0.6 is 0 Å². The van der Waals surface area contributed by atoms with Gasteiger partial charge in [0.05, 0.1) is 11.1 Å². The van der Waals surface area contributed by atoms with Gasteiger partial charge in [-0.1, -0.05) is 49.4 Å². The fourth-order valence-corrected chi connectivity index (χ4v) is 3.40. The second kappa shape index (κ2) is 7.08. The number of nitrogens with zero attached hydrogens (tertiary/aromatic N) is 3. The maximum absolute atomic E-state index is 13.5. The predicted octanol–water partition coefficient (Wildman–Crippen LogP) is 4.46. The Morgan fingerprint density at radius 2 is 1.81 bits per heavy atom. The van der Waals surface area contributed by atoms with E-state index in [4.69, 9.17) is 0 Å². The van der Waals surface area contributed by atoms with Gasteiger partial charge in [0.25, 0.3) is 5.56 Å². The van der Waals surface area contributed by atoms with Crippen LogP contribution in [0.2, 0.25) is 0 Å². The molecule has 134 valence electrons. The third-order valence-corrected chi connectivity index (χ3v) is 4.70. The van der Waals surface area contributed by atoms with Gasteiger partial charge in [-0.2, -0.15) is 5.10 Å². The summed E-state index contributed by atoms with van der Waals surface area (Å²) in [6.07, 6.45) is 6.59. The van der Waals surface area contributed by atoms with Crippen LogP contribution in [0.25, 0.3) is 28.6 Å². The second-order valence-corrected chi connectivity index (χ2v) is 6.52. The van der Waals surface area contributed by atoms with Crippen molar-refractivity contribution in [3.05, 3.63) is 94.2 Å². The van der Waals surface area contributed by atoms with Crippen molar-refractivity contribution < 1.29 is 0 Å². The highest BCUT2D eigenvalue weighted by Crippen LogP contribution is 2.21. The molecule has 0 aliphatic rings. The molecule has 0 saturated carbocycles. The van der Waals surface area contributed by atoms with Crippen molar-refractivity contribution in [2.75, 3.05) is 0 Å².